The Morgan fingerprint density at radius 3 is 2.80 bits per heavy atom. The third-order valence-electron chi connectivity index (χ3n) is 2.02. The van der Waals surface area contributed by atoms with Gasteiger partial charge in [-0.2, -0.15) is 5.10 Å². The van der Waals surface area contributed by atoms with E-state index in [1.54, 1.807) is 18.3 Å². The smallest absolute Gasteiger partial charge is 0.151 e. The summed E-state index contributed by atoms with van der Waals surface area (Å²) in [7, 11) is 0. The van der Waals surface area contributed by atoms with Gasteiger partial charge in [0.1, 0.15) is 5.82 Å². The van der Waals surface area contributed by atoms with Crippen molar-refractivity contribution in [1.29, 1.82) is 0 Å². The van der Waals surface area contributed by atoms with E-state index in [0.29, 0.717) is 16.4 Å². The second-order valence-electron chi connectivity index (χ2n) is 3.01. The molecule has 0 aliphatic rings. The van der Waals surface area contributed by atoms with Gasteiger partial charge in [-0.1, -0.05) is 11.6 Å². The zero-order chi connectivity index (χ0) is 10.8. The first kappa shape index (κ1) is 10.1. The van der Waals surface area contributed by atoms with Crippen molar-refractivity contribution < 1.29 is 9.50 Å². The third-order valence-corrected chi connectivity index (χ3v) is 2.22. The van der Waals surface area contributed by atoms with Crippen LogP contribution in [-0.2, 0) is 6.61 Å². The molecule has 15 heavy (non-hydrogen) atoms. The fourth-order valence-electron chi connectivity index (χ4n) is 1.34. The molecular formula is C10H8ClFN2O. The van der Waals surface area contributed by atoms with Gasteiger partial charge in [0, 0.05) is 11.8 Å². The maximum Gasteiger partial charge on any atom is 0.151 e. The molecule has 1 N–H and O–H groups in total. The van der Waals surface area contributed by atoms with Gasteiger partial charge in [0.25, 0.3) is 0 Å². The van der Waals surface area contributed by atoms with E-state index in [1.807, 2.05) is 0 Å². The SMILES string of the molecule is OCc1cc(F)ccc1-n1ccc(Cl)n1. The maximum absolute atomic E-state index is 12.9. The minimum absolute atomic E-state index is 0.245. The number of hydrogen-bond donors (Lipinski definition) is 1. The topological polar surface area (TPSA) is 38.0 Å². The number of aliphatic hydroxyl groups is 1. The fourth-order valence-corrected chi connectivity index (χ4v) is 1.48. The number of halogens is 2. The van der Waals surface area contributed by atoms with Gasteiger partial charge < -0.3 is 5.11 Å². The number of rotatable bonds is 2. The molecular weight excluding hydrogens is 219 g/mol. The molecule has 0 atom stereocenters. The minimum Gasteiger partial charge on any atom is -0.392 e. The van der Waals surface area contributed by atoms with Crippen LogP contribution in [0, 0.1) is 5.82 Å². The first-order valence-corrected chi connectivity index (χ1v) is 4.69. The molecule has 0 bridgehead atoms. The van der Waals surface area contributed by atoms with Crippen LogP contribution in [0.3, 0.4) is 0 Å². The Hall–Kier alpha value is -1.39. The highest BCUT2D eigenvalue weighted by molar-refractivity contribution is 6.29. The molecule has 0 radical (unpaired) electrons. The Bertz CT molecular complexity index is 484. The predicted octanol–water partition coefficient (Wildman–Crippen LogP) is 2.16. The van der Waals surface area contributed by atoms with Crippen LogP contribution in [-0.4, -0.2) is 14.9 Å². The Labute approximate surface area is 90.7 Å². The summed E-state index contributed by atoms with van der Waals surface area (Å²) in [5, 5.41) is 13.4. The van der Waals surface area contributed by atoms with Crippen LogP contribution >= 0.6 is 11.6 Å². The number of aliphatic hydroxyl groups excluding tert-OH is 1. The van der Waals surface area contributed by atoms with Crippen LogP contribution in [0.2, 0.25) is 5.15 Å². The van der Waals surface area contributed by atoms with Crippen LogP contribution in [0.4, 0.5) is 4.39 Å². The van der Waals surface area contributed by atoms with Crippen molar-refractivity contribution in [3.63, 3.8) is 0 Å². The van der Waals surface area contributed by atoms with E-state index in [4.69, 9.17) is 16.7 Å². The number of aromatic nitrogens is 2. The molecule has 78 valence electrons. The van der Waals surface area contributed by atoms with Gasteiger partial charge in [-0.25, -0.2) is 9.07 Å². The zero-order valence-corrected chi connectivity index (χ0v) is 8.45. The third kappa shape index (κ3) is 2.00. The lowest BCUT2D eigenvalue weighted by molar-refractivity contribution is 0.280. The summed E-state index contributed by atoms with van der Waals surface area (Å²) >= 11 is 5.67. The van der Waals surface area contributed by atoms with E-state index in [2.05, 4.69) is 5.10 Å². The van der Waals surface area contributed by atoms with Crippen molar-refractivity contribution in [3.8, 4) is 5.69 Å². The zero-order valence-electron chi connectivity index (χ0n) is 7.69. The summed E-state index contributed by atoms with van der Waals surface area (Å²) in [6.07, 6.45) is 1.65. The standard InChI is InChI=1S/C10H8ClFN2O/c11-10-3-4-14(13-10)9-2-1-8(12)5-7(9)6-15/h1-5,15H,6H2. The first-order chi connectivity index (χ1) is 7.20. The second kappa shape index (κ2) is 4.00. The average molecular weight is 227 g/mol. The molecule has 0 fully saturated rings. The van der Waals surface area contributed by atoms with Gasteiger partial charge in [0.05, 0.1) is 12.3 Å². The highest BCUT2D eigenvalue weighted by Gasteiger charge is 2.06. The van der Waals surface area contributed by atoms with Gasteiger partial charge >= 0.3 is 0 Å². The van der Waals surface area contributed by atoms with E-state index in [0.717, 1.165) is 0 Å². The van der Waals surface area contributed by atoms with Crippen LogP contribution < -0.4 is 0 Å². The number of nitrogens with zero attached hydrogens (tertiary/aromatic N) is 2. The molecule has 1 heterocycles. The summed E-state index contributed by atoms with van der Waals surface area (Å²) in [4.78, 5) is 0. The summed E-state index contributed by atoms with van der Waals surface area (Å²) in [5.41, 5.74) is 1.08. The van der Waals surface area contributed by atoms with Crippen LogP contribution in [0.1, 0.15) is 5.56 Å². The number of benzene rings is 1. The van der Waals surface area contributed by atoms with Crippen molar-refractivity contribution in [1.82, 2.24) is 9.78 Å². The molecule has 3 nitrogen and oxygen atoms in total. The molecule has 5 heteroatoms. The minimum atomic E-state index is -0.388. The molecule has 0 unspecified atom stereocenters. The lowest BCUT2D eigenvalue weighted by Crippen LogP contribution is -2.00. The molecule has 0 spiro atoms. The quantitative estimate of drug-likeness (QED) is 0.852. The van der Waals surface area contributed by atoms with Crippen LogP contribution in [0.15, 0.2) is 30.5 Å². The molecule has 1 aromatic heterocycles. The molecule has 0 saturated carbocycles. The molecule has 0 aliphatic carbocycles. The fraction of sp³-hybridized carbons (Fsp3) is 0.100. The van der Waals surface area contributed by atoms with Crippen molar-refractivity contribution in [2.24, 2.45) is 0 Å². The van der Waals surface area contributed by atoms with Gasteiger partial charge in [0.15, 0.2) is 5.15 Å². The van der Waals surface area contributed by atoms with Gasteiger partial charge in [-0.05, 0) is 24.3 Å². The van der Waals surface area contributed by atoms with E-state index >= 15 is 0 Å². The summed E-state index contributed by atoms with van der Waals surface area (Å²) in [6, 6.07) is 5.74. The van der Waals surface area contributed by atoms with E-state index in [-0.39, 0.29) is 12.4 Å². The highest BCUT2D eigenvalue weighted by Crippen LogP contribution is 2.17. The molecule has 0 saturated heterocycles. The van der Waals surface area contributed by atoms with Crippen LogP contribution in [0.25, 0.3) is 5.69 Å². The van der Waals surface area contributed by atoms with E-state index in [1.165, 1.54) is 16.8 Å². The van der Waals surface area contributed by atoms with Crippen molar-refractivity contribution >= 4 is 11.6 Å². The van der Waals surface area contributed by atoms with Crippen molar-refractivity contribution in [2.45, 2.75) is 6.61 Å². The van der Waals surface area contributed by atoms with Crippen molar-refractivity contribution in [2.75, 3.05) is 0 Å². The van der Waals surface area contributed by atoms with Crippen LogP contribution in [0.5, 0.6) is 0 Å². The van der Waals surface area contributed by atoms with Gasteiger partial charge in [0.2, 0.25) is 0 Å². The molecule has 2 aromatic rings. The van der Waals surface area contributed by atoms with Crippen molar-refractivity contribution in [3.05, 3.63) is 47.0 Å². The molecule has 0 aliphatic heterocycles. The lowest BCUT2D eigenvalue weighted by atomic mass is 10.2. The Morgan fingerprint density at radius 2 is 2.20 bits per heavy atom. The largest absolute Gasteiger partial charge is 0.392 e. The summed E-state index contributed by atoms with van der Waals surface area (Å²) in [6.45, 7) is -0.245. The highest BCUT2D eigenvalue weighted by atomic mass is 35.5. The maximum atomic E-state index is 12.9. The molecule has 2 rings (SSSR count). The van der Waals surface area contributed by atoms with Gasteiger partial charge in [-0.15, -0.1) is 0 Å². The average Bonchev–Trinajstić information content (AvgIpc) is 2.64. The normalized spacial score (nSPS) is 10.6. The monoisotopic (exact) mass is 226 g/mol. The summed E-state index contributed by atoms with van der Waals surface area (Å²) < 4.78 is 14.4. The second-order valence-corrected chi connectivity index (χ2v) is 3.40. The van der Waals surface area contributed by atoms with E-state index in [9.17, 15) is 4.39 Å². The number of hydrogen-bond acceptors (Lipinski definition) is 2. The first-order valence-electron chi connectivity index (χ1n) is 4.31. The molecule has 0 amide bonds. The predicted molar refractivity (Wildman–Crippen MR) is 54.5 cm³/mol. The van der Waals surface area contributed by atoms with Gasteiger partial charge in [-0.3, -0.25) is 0 Å². The Balaban J connectivity index is 2.52. The Morgan fingerprint density at radius 1 is 1.40 bits per heavy atom. The summed E-state index contributed by atoms with van der Waals surface area (Å²) in [5.74, 6) is -0.388. The van der Waals surface area contributed by atoms with E-state index < -0.39 is 0 Å². The molecule has 1 aromatic carbocycles. The Kier molecular flexibility index (Phi) is 2.70. The lowest BCUT2D eigenvalue weighted by Gasteiger charge is -2.06.